The topological polar surface area (TPSA) is 20.2 Å². The molecule has 1 heteroatoms. The Bertz CT molecular complexity index is 176. The van der Waals surface area contributed by atoms with Crippen molar-refractivity contribution in [3.63, 3.8) is 0 Å². The van der Waals surface area contributed by atoms with E-state index in [0.29, 0.717) is 11.3 Å². The summed E-state index contributed by atoms with van der Waals surface area (Å²) in [4.78, 5) is 0. The molecule has 1 unspecified atom stereocenters. The molecule has 0 saturated heterocycles. The molecule has 2 fully saturated rings. The van der Waals surface area contributed by atoms with Gasteiger partial charge in [-0.1, -0.05) is 20.8 Å². The lowest BCUT2D eigenvalue weighted by Gasteiger charge is -2.17. The van der Waals surface area contributed by atoms with Crippen molar-refractivity contribution in [3.8, 4) is 0 Å². The van der Waals surface area contributed by atoms with Crippen LogP contribution in [-0.4, -0.2) is 11.2 Å². The van der Waals surface area contributed by atoms with Crippen LogP contribution < -0.4 is 0 Å². The number of fused-ring (bicyclic) bond motifs is 1. The highest BCUT2D eigenvalue weighted by Crippen LogP contribution is 2.69. The fourth-order valence-corrected chi connectivity index (χ4v) is 3.04. The molecule has 0 heterocycles. The summed E-state index contributed by atoms with van der Waals surface area (Å²) in [5.41, 5.74) is 0.554. The first-order valence-electron chi connectivity index (χ1n) is 4.76. The molecule has 0 amide bonds. The molecular weight excluding hydrogens is 136 g/mol. The van der Waals surface area contributed by atoms with Crippen molar-refractivity contribution < 1.29 is 5.11 Å². The van der Waals surface area contributed by atoms with Gasteiger partial charge in [-0.3, -0.25) is 0 Å². The molecule has 0 bridgehead atoms. The van der Waals surface area contributed by atoms with Crippen molar-refractivity contribution in [1.82, 2.24) is 0 Å². The second kappa shape index (κ2) is 2.01. The molecule has 0 aromatic heterocycles. The van der Waals surface area contributed by atoms with E-state index in [2.05, 4.69) is 20.8 Å². The Morgan fingerprint density at radius 1 is 1.36 bits per heavy atom. The van der Waals surface area contributed by atoms with E-state index in [9.17, 15) is 5.11 Å². The fourth-order valence-electron chi connectivity index (χ4n) is 3.04. The number of aliphatic hydroxyl groups excluding tert-OH is 1. The normalized spacial score (nSPS) is 54.8. The molecule has 1 N–H and O–H groups in total. The van der Waals surface area contributed by atoms with Gasteiger partial charge in [-0.25, -0.2) is 0 Å². The second-order valence-electron chi connectivity index (χ2n) is 4.83. The van der Waals surface area contributed by atoms with E-state index in [0.717, 1.165) is 18.3 Å². The molecule has 2 rings (SSSR count). The number of hydrogen-bond donors (Lipinski definition) is 1. The van der Waals surface area contributed by atoms with Gasteiger partial charge in [0.05, 0.1) is 6.10 Å². The fraction of sp³-hybridized carbons (Fsp3) is 1.00. The highest BCUT2D eigenvalue weighted by atomic mass is 16.3. The smallest absolute Gasteiger partial charge is 0.0574 e. The summed E-state index contributed by atoms with van der Waals surface area (Å²) >= 11 is 0. The summed E-state index contributed by atoms with van der Waals surface area (Å²) in [6.45, 7) is 6.79. The van der Waals surface area contributed by atoms with Gasteiger partial charge in [0, 0.05) is 0 Å². The largest absolute Gasteiger partial charge is 0.393 e. The van der Waals surface area contributed by atoms with Crippen LogP contribution in [0.1, 0.15) is 33.6 Å². The first-order chi connectivity index (χ1) is 5.08. The van der Waals surface area contributed by atoms with Crippen LogP contribution in [0.5, 0.6) is 0 Å². The van der Waals surface area contributed by atoms with Gasteiger partial charge in [0.1, 0.15) is 0 Å². The quantitative estimate of drug-likeness (QED) is 0.613. The van der Waals surface area contributed by atoms with Gasteiger partial charge in [-0.15, -0.1) is 0 Å². The number of hydrogen-bond acceptors (Lipinski definition) is 1. The Kier molecular flexibility index (Phi) is 1.39. The molecule has 0 aliphatic heterocycles. The van der Waals surface area contributed by atoms with E-state index in [1.165, 1.54) is 6.42 Å². The van der Waals surface area contributed by atoms with Crippen LogP contribution in [0.2, 0.25) is 0 Å². The minimum absolute atomic E-state index is 0.00356. The first-order valence-corrected chi connectivity index (χ1v) is 4.76. The standard InChI is InChI=1S/C10H18O/c1-6(2)10-4-8(10)7(3)9(11)5-10/h6-9,11H,4-5H2,1-3H3/t7-,8-,9?,10+/m1/s1. The van der Waals surface area contributed by atoms with Crippen LogP contribution in [0.3, 0.4) is 0 Å². The van der Waals surface area contributed by atoms with Gasteiger partial charge in [0.2, 0.25) is 0 Å². The van der Waals surface area contributed by atoms with Gasteiger partial charge < -0.3 is 5.11 Å². The summed E-state index contributed by atoms with van der Waals surface area (Å²) in [6.07, 6.45) is 2.44. The van der Waals surface area contributed by atoms with Crippen molar-refractivity contribution in [2.24, 2.45) is 23.2 Å². The molecule has 0 radical (unpaired) electrons. The molecule has 4 atom stereocenters. The zero-order valence-corrected chi connectivity index (χ0v) is 7.67. The lowest BCUT2D eigenvalue weighted by molar-refractivity contribution is 0.113. The van der Waals surface area contributed by atoms with Gasteiger partial charge in [-0.05, 0) is 36.0 Å². The Morgan fingerprint density at radius 2 is 2.00 bits per heavy atom. The lowest BCUT2D eigenvalue weighted by Crippen LogP contribution is -2.15. The van der Waals surface area contributed by atoms with E-state index in [4.69, 9.17) is 0 Å². The monoisotopic (exact) mass is 154 g/mol. The van der Waals surface area contributed by atoms with Crippen LogP contribution in [0.25, 0.3) is 0 Å². The SMILES string of the molecule is CC(C)[C@]12CC(O)[C@H](C)[C@H]1C2. The molecule has 64 valence electrons. The molecule has 11 heavy (non-hydrogen) atoms. The van der Waals surface area contributed by atoms with Crippen molar-refractivity contribution in [1.29, 1.82) is 0 Å². The van der Waals surface area contributed by atoms with Gasteiger partial charge in [0.25, 0.3) is 0 Å². The van der Waals surface area contributed by atoms with Crippen LogP contribution in [0, 0.1) is 23.2 Å². The molecule has 2 aliphatic carbocycles. The predicted octanol–water partition coefficient (Wildman–Crippen LogP) is 2.05. The third-order valence-corrected chi connectivity index (χ3v) is 4.16. The summed E-state index contributed by atoms with van der Waals surface area (Å²) in [6, 6.07) is 0. The van der Waals surface area contributed by atoms with E-state index in [1.54, 1.807) is 0 Å². The summed E-state index contributed by atoms with van der Waals surface area (Å²) in [5.74, 6) is 2.18. The van der Waals surface area contributed by atoms with E-state index in [-0.39, 0.29) is 6.10 Å². The van der Waals surface area contributed by atoms with Crippen molar-refractivity contribution in [2.75, 3.05) is 0 Å². The third kappa shape index (κ3) is 0.807. The molecular formula is C10H18O. The molecule has 2 aliphatic rings. The summed E-state index contributed by atoms with van der Waals surface area (Å²) < 4.78 is 0. The van der Waals surface area contributed by atoms with Crippen LogP contribution in [0.4, 0.5) is 0 Å². The average molecular weight is 154 g/mol. The average Bonchev–Trinajstić information content (AvgIpc) is 2.57. The zero-order chi connectivity index (χ0) is 8.22. The minimum Gasteiger partial charge on any atom is -0.393 e. The number of rotatable bonds is 1. The van der Waals surface area contributed by atoms with Gasteiger partial charge in [0.15, 0.2) is 0 Å². The highest BCUT2D eigenvalue weighted by Gasteiger charge is 2.64. The molecule has 2 saturated carbocycles. The van der Waals surface area contributed by atoms with Crippen molar-refractivity contribution >= 4 is 0 Å². The summed E-state index contributed by atoms with van der Waals surface area (Å²) in [5, 5.41) is 9.61. The minimum atomic E-state index is -0.00356. The van der Waals surface area contributed by atoms with Crippen LogP contribution >= 0.6 is 0 Å². The van der Waals surface area contributed by atoms with Crippen molar-refractivity contribution in [3.05, 3.63) is 0 Å². The Hall–Kier alpha value is -0.0400. The van der Waals surface area contributed by atoms with Crippen LogP contribution in [-0.2, 0) is 0 Å². The summed E-state index contributed by atoms with van der Waals surface area (Å²) in [7, 11) is 0. The third-order valence-electron chi connectivity index (χ3n) is 4.16. The highest BCUT2D eigenvalue weighted by molar-refractivity contribution is 5.13. The maximum atomic E-state index is 9.61. The van der Waals surface area contributed by atoms with Gasteiger partial charge >= 0.3 is 0 Å². The molecule has 0 aromatic carbocycles. The second-order valence-corrected chi connectivity index (χ2v) is 4.83. The predicted molar refractivity (Wildman–Crippen MR) is 45.2 cm³/mol. The first kappa shape index (κ1) is 7.60. The van der Waals surface area contributed by atoms with E-state index < -0.39 is 0 Å². The number of aliphatic hydroxyl groups is 1. The molecule has 0 spiro atoms. The Labute approximate surface area is 68.8 Å². The Morgan fingerprint density at radius 3 is 2.27 bits per heavy atom. The van der Waals surface area contributed by atoms with E-state index >= 15 is 0 Å². The maximum Gasteiger partial charge on any atom is 0.0574 e. The zero-order valence-electron chi connectivity index (χ0n) is 7.67. The Balaban J connectivity index is 2.13. The molecule has 1 nitrogen and oxygen atoms in total. The lowest BCUT2D eigenvalue weighted by atomic mass is 9.89. The van der Waals surface area contributed by atoms with Gasteiger partial charge in [-0.2, -0.15) is 0 Å². The van der Waals surface area contributed by atoms with Crippen LogP contribution in [0.15, 0.2) is 0 Å². The van der Waals surface area contributed by atoms with Crippen molar-refractivity contribution in [2.45, 2.75) is 39.7 Å². The molecule has 0 aromatic rings. The maximum absolute atomic E-state index is 9.61. The van der Waals surface area contributed by atoms with E-state index in [1.807, 2.05) is 0 Å².